The second-order valence-corrected chi connectivity index (χ2v) is 5.62. The van der Waals surface area contributed by atoms with Gasteiger partial charge in [-0.15, -0.1) is 0 Å². The van der Waals surface area contributed by atoms with Crippen LogP contribution in [0.5, 0.6) is 0 Å². The van der Waals surface area contributed by atoms with Crippen molar-refractivity contribution < 1.29 is 14.3 Å². The number of carbonyl (C=O) groups excluding carboxylic acids is 1. The van der Waals surface area contributed by atoms with E-state index in [1.54, 1.807) is 6.07 Å². The summed E-state index contributed by atoms with van der Waals surface area (Å²) < 4.78 is 10.4. The zero-order valence-corrected chi connectivity index (χ0v) is 14.3. The Morgan fingerprint density at radius 2 is 2.22 bits per heavy atom. The number of methoxy groups -OCH3 is 1. The van der Waals surface area contributed by atoms with Crippen molar-refractivity contribution in [2.75, 3.05) is 20.3 Å². The highest BCUT2D eigenvalue weighted by Gasteiger charge is 2.33. The Labute approximate surface area is 141 Å². The van der Waals surface area contributed by atoms with Crippen LogP contribution in [0.15, 0.2) is 40.6 Å². The van der Waals surface area contributed by atoms with Crippen molar-refractivity contribution in [2.24, 2.45) is 5.10 Å². The smallest absolute Gasteiger partial charge is 0.336 e. The van der Waals surface area contributed by atoms with Crippen LogP contribution in [-0.4, -0.2) is 32.0 Å². The predicted octanol–water partition coefficient (Wildman–Crippen LogP) is 3.26. The number of carbonyl (C=O) groups is 1. The number of ether oxygens (including phenoxy) is 2. The van der Waals surface area contributed by atoms with Crippen LogP contribution < -0.4 is 5.43 Å². The summed E-state index contributed by atoms with van der Waals surface area (Å²) in [5, 5.41) is 5.03. The fourth-order valence-electron chi connectivity index (χ4n) is 2.61. The van der Waals surface area contributed by atoms with Crippen molar-refractivity contribution >= 4 is 23.3 Å². The number of nitrogens with one attached hydrogen (secondary N) is 1. The number of benzene rings is 1. The first-order valence-corrected chi connectivity index (χ1v) is 7.91. The molecule has 6 heteroatoms. The highest BCUT2D eigenvalue weighted by Crippen LogP contribution is 2.33. The lowest BCUT2D eigenvalue weighted by molar-refractivity contribution is -0.136. The van der Waals surface area contributed by atoms with Crippen LogP contribution in [-0.2, 0) is 14.3 Å². The third kappa shape index (κ3) is 4.12. The number of rotatable bonds is 6. The number of hydrazone groups is 1. The van der Waals surface area contributed by atoms with Crippen molar-refractivity contribution in [1.29, 1.82) is 0 Å². The molecule has 0 spiro atoms. The summed E-state index contributed by atoms with van der Waals surface area (Å²) >= 11 is 6.12. The molecule has 0 saturated heterocycles. The molecule has 23 heavy (non-hydrogen) atoms. The Balaban J connectivity index is 2.42. The first kappa shape index (κ1) is 17.5. The summed E-state index contributed by atoms with van der Waals surface area (Å²) in [5.74, 6) is -0.661. The van der Waals surface area contributed by atoms with E-state index < -0.39 is 0 Å². The Hall–Kier alpha value is -1.85. The summed E-state index contributed by atoms with van der Waals surface area (Å²) in [4.78, 5) is 12.3. The third-order valence-electron chi connectivity index (χ3n) is 3.69. The number of hydrogen-bond donors (Lipinski definition) is 1. The average Bonchev–Trinajstić information content (AvgIpc) is 2.55. The number of nitrogens with zero attached hydrogens (tertiary/aromatic N) is 1. The molecule has 0 amide bonds. The van der Waals surface area contributed by atoms with Crippen LogP contribution in [0, 0.1) is 0 Å². The molecule has 1 aromatic rings. The van der Waals surface area contributed by atoms with Gasteiger partial charge in [-0.3, -0.25) is 5.43 Å². The fourth-order valence-corrected chi connectivity index (χ4v) is 2.81. The molecule has 124 valence electrons. The summed E-state index contributed by atoms with van der Waals surface area (Å²) in [6, 6.07) is 7.46. The van der Waals surface area contributed by atoms with Gasteiger partial charge in [0.2, 0.25) is 0 Å². The van der Waals surface area contributed by atoms with Gasteiger partial charge < -0.3 is 9.47 Å². The van der Waals surface area contributed by atoms with E-state index in [2.05, 4.69) is 10.5 Å². The van der Waals surface area contributed by atoms with E-state index in [9.17, 15) is 4.79 Å². The van der Waals surface area contributed by atoms with Gasteiger partial charge in [0.25, 0.3) is 0 Å². The van der Waals surface area contributed by atoms with Crippen molar-refractivity contribution in [3.8, 4) is 0 Å². The van der Waals surface area contributed by atoms with Gasteiger partial charge in [0.05, 0.1) is 30.9 Å². The third-order valence-corrected chi connectivity index (χ3v) is 3.92. The van der Waals surface area contributed by atoms with Gasteiger partial charge in [0.15, 0.2) is 0 Å². The van der Waals surface area contributed by atoms with E-state index >= 15 is 0 Å². The number of halogens is 1. The lowest BCUT2D eigenvalue weighted by atomic mass is 9.83. The molecular formula is C17H21ClN2O3. The van der Waals surface area contributed by atoms with Gasteiger partial charge in [-0.2, -0.15) is 5.10 Å². The SMILES string of the molecule is CCOCCC1=NNC(C)=C(C(=O)OC)C1c1cccc(Cl)c1. The Morgan fingerprint density at radius 1 is 1.43 bits per heavy atom. The molecule has 0 saturated carbocycles. The van der Waals surface area contributed by atoms with Gasteiger partial charge in [-0.25, -0.2) is 4.79 Å². The second-order valence-electron chi connectivity index (χ2n) is 5.18. The monoisotopic (exact) mass is 336 g/mol. The molecule has 5 nitrogen and oxygen atoms in total. The summed E-state index contributed by atoms with van der Waals surface area (Å²) in [6.07, 6.45) is 0.617. The molecule has 1 aliphatic heterocycles. The quantitative estimate of drug-likeness (QED) is 0.640. The molecule has 1 N–H and O–H groups in total. The summed E-state index contributed by atoms with van der Waals surface area (Å²) in [7, 11) is 1.38. The Kier molecular flexibility index (Phi) is 6.19. The molecule has 1 aromatic carbocycles. The van der Waals surface area contributed by atoms with E-state index in [1.165, 1.54) is 7.11 Å². The van der Waals surface area contributed by atoms with E-state index in [0.717, 1.165) is 11.3 Å². The van der Waals surface area contributed by atoms with Crippen LogP contribution in [0.3, 0.4) is 0 Å². The van der Waals surface area contributed by atoms with Gasteiger partial charge in [0.1, 0.15) is 0 Å². The fraction of sp³-hybridized carbons (Fsp3) is 0.412. The number of esters is 1. The maximum Gasteiger partial charge on any atom is 0.336 e. The first-order chi connectivity index (χ1) is 11.1. The summed E-state index contributed by atoms with van der Waals surface area (Å²) in [6.45, 7) is 4.94. The normalized spacial score (nSPS) is 17.6. The predicted molar refractivity (Wildman–Crippen MR) is 90.6 cm³/mol. The van der Waals surface area contributed by atoms with E-state index in [4.69, 9.17) is 21.1 Å². The lowest BCUT2D eigenvalue weighted by Gasteiger charge is -2.27. The van der Waals surface area contributed by atoms with Gasteiger partial charge in [0, 0.05) is 23.7 Å². The molecule has 2 rings (SSSR count). The van der Waals surface area contributed by atoms with Crippen LogP contribution >= 0.6 is 11.6 Å². The van der Waals surface area contributed by atoms with Crippen molar-refractivity contribution in [2.45, 2.75) is 26.2 Å². The molecule has 0 fully saturated rings. The van der Waals surface area contributed by atoms with E-state index in [1.807, 2.05) is 32.0 Å². The molecule has 1 heterocycles. The van der Waals surface area contributed by atoms with Crippen LogP contribution in [0.25, 0.3) is 0 Å². The minimum Gasteiger partial charge on any atom is -0.466 e. The minimum atomic E-state index is -0.371. The molecule has 1 unspecified atom stereocenters. The minimum absolute atomic E-state index is 0.289. The van der Waals surface area contributed by atoms with Crippen molar-refractivity contribution in [3.05, 3.63) is 46.1 Å². The van der Waals surface area contributed by atoms with Crippen molar-refractivity contribution in [3.63, 3.8) is 0 Å². The number of hydrogen-bond acceptors (Lipinski definition) is 5. The zero-order chi connectivity index (χ0) is 16.8. The molecule has 1 atom stereocenters. The maximum absolute atomic E-state index is 12.3. The number of allylic oxidation sites excluding steroid dienone is 1. The molecule has 1 aliphatic rings. The molecule has 0 radical (unpaired) electrons. The first-order valence-electron chi connectivity index (χ1n) is 7.53. The van der Waals surface area contributed by atoms with Crippen LogP contribution in [0.2, 0.25) is 5.02 Å². The Morgan fingerprint density at radius 3 is 2.87 bits per heavy atom. The average molecular weight is 337 g/mol. The summed E-state index contributed by atoms with van der Waals surface area (Å²) in [5.41, 5.74) is 5.89. The van der Waals surface area contributed by atoms with Gasteiger partial charge in [-0.1, -0.05) is 23.7 Å². The van der Waals surface area contributed by atoms with Gasteiger partial charge >= 0.3 is 5.97 Å². The lowest BCUT2D eigenvalue weighted by Crippen LogP contribution is -2.31. The standard InChI is InChI=1S/C17H21ClN2O3/c1-4-23-9-8-14-16(12-6-5-7-13(18)10-12)15(17(21)22-3)11(2)19-20-14/h5-7,10,16,19H,4,8-9H2,1-3H3. The second kappa shape index (κ2) is 8.13. The molecular weight excluding hydrogens is 316 g/mol. The maximum atomic E-state index is 12.3. The van der Waals surface area contributed by atoms with Gasteiger partial charge in [-0.05, 0) is 31.5 Å². The highest BCUT2D eigenvalue weighted by molar-refractivity contribution is 6.30. The zero-order valence-electron chi connectivity index (χ0n) is 13.6. The molecule has 0 aromatic heterocycles. The molecule has 0 aliphatic carbocycles. The van der Waals surface area contributed by atoms with E-state index in [-0.39, 0.29) is 11.9 Å². The van der Waals surface area contributed by atoms with Crippen molar-refractivity contribution in [1.82, 2.24) is 5.43 Å². The largest absolute Gasteiger partial charge is 0.466 e. The Bertz CT molecular complexity index is 640. The van der Waals surface area contributed by atoms with E-state index in [0.29, 0.717) is 35.9 Å². The highest BCUT2D eigenvalue weighted by atomic mass is 35.5. The molecule has 0 bridgehead atoms. The topological polar surface area (TPSA) is 59.9 Å². The van der Waals surface area contributed by atoms with Crippen LogP contribution in [0.1, 0.15) is 31.7 Å². The van der Waals surface area contributed by atoms with Crippen LogP contribution in [0.4, 0.5) is 0 Å².